The van der Waals surface area contributed by atoms with Crippen LogP contribution in [0.15, 0.2) is 42.7 Å². The van der Waals surface area contributed by atoms with Gasteiger partial charge in [0.1, 0.15) is 11.8 Å². The van der Waals surface area contributed by atoms with E-state index in [0.717, 1.165) is 124 Å². The van der Waals surface area contributed by atoms with Crippen molar-refractivity contribution in [3.8, 4) is 16.9 Å². The predicted molar refractivity (Wildman–Crippen MR) is 215 cm³/mol. The van der Waals surface area contributed by atoms with E-state index in [1.54, 1.807) is 12.1 Å². The summed E-state index contributed by atoms with van der Waals surface area (Å²) in [7, 11) is 0. The number of rotatable bonds is 8. The third-order valence-corrected chi connectivity index (χ3v) is 14.7. The SMILES string of the molecule is C[C@H]1CCc2c(ccc(-c3cnn(C4CCN(C5CC6(C5)CN(c5ccc7c(c5)C(=O)N(C5CCC(=O)NC5=O)C7=O)C6)CC4)c3)c2OC2CCC2)N1C(=O)C1CC1. The molecule has 3 saturated carbocycles. The summed E-state index contributed by atoms with van der Waals surface area (Å²) in [6.45, 7) is 6.13. The van der Waals surface area contributed by atoms with Crippen molar-refractivity contribution in [1.29, 1.82) is 0 Å². The van der Waals surface area contributed by atoms with Crippen molar-refractivity contribution >= 4 is 40.9 Å². The van der Waals surface area contributed by atoms with Crippen LogP contribution in [0.5, 0.6) is 5.75 Å². The molecule has 3 aliphatic carbocycles. The van der Waals surface area contributed by atoms with Gasteiger partial charge in [0.05, 0.1) is 35.2 Å². The van der Waals surface area contributed by atoms with Gasteiger partial charge in [0.25, 0.3) is 11.8 Å². The number of benzene rings is 2. The Bertz CT molecular complexity index is 2240. The fourth-order valence-electron chi connectivity index (χ4n) is 10.9. The molecule has 0 bridgehead atoms. The average molecular weight is 786 g/mol. The fourth-order valence-corrected chi connectivity index (χ4v) is 10.9. The molecule has 1 unspecified atom stereocenters. The van der Waals surface area contributed by atoms with Gasteiger partial charge < -0.3 is 19.4 Å². The Kier molecular flexibility index (Phi) is 8.40. The molecule has 3 aromatic rings. The third kappa shape index (κ3) is 5.89. The van der Waals surface area contributed by atoms with E-state index in [4.69, 9.17) is 9.84 Å². The third-order valence-electron chi connectivity index (χ3n) is 14.7. The molecule has 302 valence electrons. The highest BCUT2D eigenvalue weighted by Crippen LogP contribution is 2.52. The highest BCUT2D eigenvalue weighted by Gasteiger charge is 2.54. The van der Waals surface area contributed by atoms with E-state index in [-0.39, 0.29) is 48.1 Å². The van der Waals surface area contributed by atoms with Crippen LogP contribution in [0.2, 0.25) is 0 Å². The van der Waals surface area contributed by atoms with Gasteiger partial charge in [-0.1, -0.05) is 0 Å². The van der Waals surface area contributed by atoms with Crippen LogP contribution in [0.25, 0.3) is 11.1 Å². The molecule has 58 heavy (non-hydrogen) atoms. The molecule has 1 aromatic heterocycles. The Morgan fingerprint density at radius 3 is 2.33 bits per heavy atom. The molecule has 2 atom stereocenters. The van der Waals surface area contributed by atoms with E-state index in [0.29, 0.717) is 23.2 Å². The van der Waals surface area contributed by atoms with Crippen molar-refractivity contribution in [2.75, 3.05) is 36.0 Å². The molecule has 0 radical (unpaired) electrons. The average Bonchev–Trinajstić information content (AvgIpc) is 3.86. The smallest absolute Gasteiger partial charge is 0.262 e. The fraction of sp³-hybridized carbons (Fsp3) is 0.556. The summed E-state index contributed by atoms with van der Waals surface area (Å²) in [5.41, 5.74) is 6.25. The number of piperidine rings is 2. The van der Waals surface area contributed by atoms with Crippen LogP contribution in [0.3, 0.4) is 0 Å². The lowest BCUT2D eigenvalue weighted by atomic mass is 9.60. The molecule has 1 spiro atoms. The molecule has 8 aliphatic rings. The van der Waals surface area contributed by atoms with Crippen molar-refractivity contribution in [3.05, 3.63) is 59.4 Å². The van der Waals surface area contributed by atoms with Gasteiger partial charge in [-0.05, 0) is 114 Å². The lowest BCUT2D eigenvalue weighted by molar-refractivity contribution is -0.136. The minimum atomic E-state index is -0.957. The number of aromatic nitrogens is 2. The number of carbonyl (C=O) groups excluding carboxylic acids is 5. The van der Waals surface area contributed by atoms with Gasteiger partial charge in [-0.15, -0.1) is 0 Å². The molecule has 13 heteroatoms. The number of imide groups is 2. The number of hydrogen-bond acceptors (Lipinski definition) is 9. The van der Waals surface area contributed by atoms with Crippen LogP contribution in [0, 0.1) is 11.3 Å². The zero-order valence-corrected chi connectivity index (χ0v) is 33.2. The first-order chi connectivity index (χ1) is 28.1. The van der Waals surface area contributed by atoms with E-state index >= 15 is 0 Å². The van der Waals surface area contributed by atoms with Crippen LogP contribution < -0.4 is 19.9 Å². The van der Waals surface area contributed by atoms with Gasteiger partial charge >= 0.3 is 0 Å². The molecule has 6 fully saturated rings. The van der Waals surface area contributed by atoms with Gasteiger partial charge in [0.15, 0.2) is 0 Å². The van der Waals surface area contributed by atoms with E-state index < -0.39 is 23.8 Å². The molecule has 2 aromatic carbocycles. The highest BCUT2D eigenvalue weighted by atomic mass is 16.5. The number of hydrogen-bond donors (Lipinski definition) is 1. The van der Waals surface area contributed by atoms with Crippen LogP contribution in [0.1, 0.15) is 116 Å². The molecular weight excluding hydrogens is 735 g/mol. The van der Waals surface area contributed by atoms with Gasteiger partial charge in [-0.2, -0.15) is 5.10 Å². The van der Waals surface area contributed by atoms with E-state index in [2.05, 4.69) is 50.0 Å². The first-order valence-corrected chi connectivity index (χ1v) is 21.7. The Balaban J connectivity index is 0.710. The maximum atomic E-state index is 13.4. The minimum Gasteiger partial charge on any atom is -0.489 e. The first-order valence-electron chi connectivity index (χ1n) is 21.7. The summed E-state index contributed by atoms with van der Waals surface area (Å²) in [5, 5.41) is 7.18. The van der Waals surface area contributed by atoms with Gasteiger partial charge in [0.2, 0.25) is 17.7 Å². The Hall–Kier alpha value is -5.04. The summed E-state index contributed by atoms with van der Waals surface area (Å²) in [6.07, 6.45) is 16.4. The molecular formula is C45H51N7O6. The number of likely N-dealkylation sites (tertiary alicyclic amines) is 1. The van der Waals surface area contributed by atoms with Crippen molar-refractivity contribution < 1.29 is 28.7 Å². The zero-order valence-electron chi connectivity index (χ0n) is 33.2. The number of fused-ring (bicyclic) bond motifs is 2. The van der Waals surface area contributed by atoms with Crippen molar-refractivity contribution in [3.63, 3.8) is 0 Å². The second kappa shape index (κ2) is 13.5. The standard InChI is InChI=1S/C45H51N7O6/c1-26-5-9-35-37(51(26)42(55)27-6-7-27)12-11-33(40(35)58-32-3-2-4-32)28-22-46-50(23-28)29-15-17-48(18-16-29)31-20-45(21-31)24-49(25-45)30-8-10-34-36(19-30)44(57)52(43(34)56)38-13-14-39(53)47-41(38)54/h8,10-12,19,22-23,26-27,29,31-32,38H,2-7,9,13-18,20-21,24-25H2,1H3,(H,47,53,54)/t26-,38?/m0/s1. The molecule has 11 rings (SSSR count). The summed E-state index contributed by atoms with van der Waals surface area (Å²) in [5.74, 6) is -0.492. The summed E-state index contributed by atoms with van der Waals surface area (Å²) < 4.78 is 8.95. The summed E-state index contributed by atoms with van der Waals surface area (Å²) in [6, 6.07) is 9.91. The lowest BCUT2D eigenvalue weighted by Crippen LogP contribution is -2.67. The normalized spacial score (nSPS) is 26.3. The predicted octanol–water partition coefficient (Wildman–Crippen LogP) is 5.27. The lowest BCUT2D eigenvalue weighted by Gasteiger charge is -2.62. The maximum absolute atomic E-state index is 13.4. The van der Waals surface area contributed by atoms with Crippen molar-refractivity contribution in [1.82, 2.24) is 24.9 Å². The van der Waals surface area contributed by atoms with E-state index in [9.17, 15) is 24.0 Å². The van der Waals surface area contributed by atoms with E-state index in [1.807, 2.05) is 12.3 Å². The number of ether oxygens (including phenoxy) is 1. The molecule has 5 amide bonds. The molecule has 5 aliphatic heterocycles. The number of nitrogens with one attached hydrogen (secondary N) is 1. The number of amides is 5. The number of anilines is 2. The zero-order chi connectivity index (χ0) is 39.4. The van der Waals surface area contributed by atoms with E-state index in [1.165, 1.54) is 12.0 Å². The maximum Gasteiger partial charge on any atom is 0.262 e. The Morgan fingerprint density at radius 2 is 1.60 bits per heavy atom. The second-order valence-corrected chi connectivity index (χ2v) is 18.6. The monoisotopic (exact) mass is 785 g/mol. The Labute approximate surface area is 338 Å². The van der Waals surface area contributed by atoms with Crippen LogP contribution in [0.4, 0.5) is 11.4 Å². The highest BCUT2D eigenvalue weighted by molar-refractivity contribution is 6.23. The van der Waals surface area contributed by atoms with Crippen LogP contribution >= 0.6 is 0 Å². The molecule has 13 nitrogen and oxygen atoms in total. The Morgan fingerprint density at radius 1 is 0.845 bits per heavy atom. The largest absolute Gasteiger partial charge is 0.489 e. The summed E-state index contributed by atoms with van der Waals surface area (Å²) in [4.78, 5) is 72.1. The topological polar surface area (TPSA) is 137 Å². The van der Waals surface area contributed by atoms with Gasteiger partial charge in [-0.3, -0.25) is 38.9 Å². The minimum absolute atomic E-state index is 0.105. The van der Waals surface area contributed by atoms with Crippen LogP contribution in [-0.2, 0) is 20.8 Å². The molecule has 3 saturated heterocycles. The molecule has 1 N–H and O–H groups in total. The number of carbonyl (C=O) groups is 5. The second-order valence-electron chi connectivity index (χ2n) is 18.6. The van der Waals surface area contributed by atoms with Gasteiger partial charge in [0, 0.05) is 84.6 Å². The van der Waals surface area contributed by atoms with Gasteiger partial charge in [-0.25, -0.2) is 0 Å². The van der Waals surface area contributed by atoms with Crippen LogP contribution in [-0.4, -0.2) is 99.5 Å². The first kappa shape index (κ1) is 36.1. The van der Waals surface area contributed by atoms with Crippen molar-refractivity contribution in [2.45, 2.75) is 121 Å². The van der Waals surface area contributed by atoms with Crippen molar-refractivity contribution in [2.24, 2.45) is 11.3 Å². The molecule has 6 heterocycles. The number of nitrogens with zero attached hydrogens (tertiary/aromatic N) is 6. The summed E-state index contributed by atoms with van der Waals surface area (Å²) >= 11 is 0. The quantitative estimate of drug-likeness (QED) is 0.303.